The van der Waals surface area contributed by atoms with Gasteiger partial charge in [0.25, 0.3) is 0 Å². The number of nitrogens with zero attached hydrogens (tertiary/aromatic N) is 4. The number of carbonyl (C=O) groups is 2. The molecular weight excluding hydrogens is 412 g/mol. The van der Waals surface area contributed by atoms with Crippen molar-refractivity contribution in [1.82, 2.24) is 14.9 Å². The molecule has 0 radical (unpaired) electrons. The van der Waals surface area contributed by atoms with Crippen molar-refractivity contribution in [2.24, 2.45) is 0 Å². The fraction of sp³-hybridized carbons (Fsp3) is 0.217. The summed E-state index contributed by atoms with van der Waals surface area (Å²) in [5.41, 5.74) is 4.31. The molecular formula is C23H22N4O3S. The Bertz CT molecular complexity index is 1230. The smallest absolute Gasteiger partial charge is 0.243 e. The van der Waals surface area contributed by atoms with Crippen LogP contribution in [-0.2, 0) is 9.59 Å². The summed E-state index contributed by atoms with van der Waals surface area (Å²) in [7, 11) is 1.60. The number of benzene rings is 2. The van der Waals surface area contributed by atoms with E-state index in [1.165, 1.54) is 30.6 Å². The fourth-order valence-electron chi connectivity index (χ4n) is 3.44. The van der Waals surface area contributed by atoms with E-state index in [1.54, 1.807) is 11.8 Å². The van der Waals surface area contributed by atoms with Gasteiger partial charge in [-0.2, -0.15) is 4.68 Å². The summed E-state index contributed by atoms with van der Waals surface area (Å²) in [5, 5.41) is 10.5. The quantitative estimate of drug-likeness (QED) is 0.615. The minimum atomic E-state index is -0.247. The fourth-order valence-corrected chi connectivity index (χ4v) is 4.41. The number of hydrogen-bond acceptors (Lipinski definition) is 6. The number of rotatable bonds is 4. The van der Waals surface area contributed by atoms with Gasteiger partial charge in [0.2, 0.25) is 11.1 Å². The second kappa shape index (κ2) is 8.03. The number of allylic oxidation sites excluding steroid dienone is 1. The monoisotopic (exact) mass is 434 g/mol. The average molecular weight is 435 g/mol. The van der Waals surface area contributed by atoms with E-state index in [4.69, 9.17) is 4.74 Å². The normalized spacial score (nSPS) is 13.3. The lowest BCUT2D eigenvalue weighted by Gasteiger charge is -2.32. The average Bonchev–Trinajstić information content (AvgIpc) is 3.18. The number of fused-ring (bicyclic) bond motifs is 1. The molecule has 4 rings (SSSR count). The Morgan fingerprint density at radius 3 is 2.19 bits per heavy atom. The maximum absolute atomic E-state index is 12.9. The van der Waals surface area contributed by atoms with Crippen molar-refractivity contribution >= 4 is 29.1 Å². The van der Waals surface area contributed by atoms with E-state index in [0.717, 1.165) is 28.0 Å². The van der Waals surface area contributed by atoms with Crippen molar-refractivity contribution in [1.29, 1.82) is 0 Å². The van der Waals surface area contributed by atoms with E-state index in [0.29, 0.717) is 21.6 Å². The third-order valence-corrected chi connectivity index (χ3v) is 6.30. The zero-order valence-corrected chi connectivity index (χ0v) is 18.8. The van der Waals surface area contributed by atoms with Gasteiger partial charge in [-0.1, -0.05) is 12.1 Å². The van der Waals surface area contributed by atoms with Gasteiger partial charge in [0.15, 0.2) is 11.6 Å². The molecule has 158 valence electrons. The van der Waals surface area contributed by atoms with Crippen LogP contribution in [0.2, 0.25) is 0 Å². The van der Waals surface area contributed by atoms with Gasteiger partial charge in [-0.05, 0) is 74.0 Å². The van der Waals surface area contributed by atoms with E-state index in [2.05, 4.69) is 10.2 Å². The first-order valence-corrected chi connectivity index (χ1v) is 10.5. The molecule has 0 N–H and O–H groups in total. The molecule has 0 saturated carbocycles. The number of Topliss-reactive ketones (excluding diaryl/α,β-unsaturated/α-hetero) is 1. The molecule has 0 atom stereocenters. The third-order valence-electron chi connectivity index (χ3n) is 5.18. The molecule has 1 amide bonds. The molecule has 7 nitrogen and oxygen atoms in total. The maximum atomic E-state index is 12.9. The van der Waals surface area contributed by atoms with Crippen LogP contribution in [0.5, 0.6) is 5.75 Å². The van der Waals surface area contributed by atoms with Crippen LogP contribution in [-0.4, -0.2) is 33.7 Å². The van der Waals surface area contributed by atoms with Crippen LogP contribution < -0.4 is 9.75 Å². The predicted octanol–water partition coefficient (Wildman–Crippen LogP) is 4.12. The van der Waals surface area contributed by atoms with E-state index in [1.807, 2.05) is 56.3 Å². The summed E-state index contributed by atoms with van der Waals surface area (Å²) >= 11 is 1.22. The second-order valence-corrected chi connectivity index (χ2v) is 8.29. The van der Waals surface area contributed by atoms with Gasteiger partial charge in [-0.25, -0.2) is 5.01 Å². The summed E-state index contributed by atoms with van der Waals surface area (Å²) in [6.07, 6.45) is 0. The molecule has 0 bridgehead atoms. The highest BCUT2D eigenvalue weighted by Gasteiger charge is 2.35. The van der Waals surface area contributed by atoms with Crippen LogP contribution in [0.15, 0.2) is 52.5 Å². The zero-order valence-electron chi connectivity index (χ0n) is 18.0. The van der Waals surface area contributed by atoms with Crippen molar-refractivity contribution in [2.75, 3.05) is 12.1 Å². The van der Waals surface area contributed by atoms with E-state index in [-0.39, 0.29) is 11.7 Å². The number of hydrogen-bond donors (Lipinski definition) is 0. The first kappa shape index (κ1) is 20.9. The summed E-state index contributed by atoms with van der Waals surface area (Å²) < 4.78 is 6.91. The van der Waals surface area contributed by atoms with Crippen molar-refractivity contribution in [2.45, 2.75) is 32.9 Å². The molecule has 1 aliphatic heterocycles. The largest absolute Gasteiger partial charge is 0.497 e. The molecule has 3 aromatic rings. The number of ether oxygens (including phenoxy) is 1. The van der Waals surface area contributed by atoms with Crippen LogP contribution >= 0.6 is 11.8 Å². The van der Waals surface area contributed by atoms with Crippen molar-refractivity contribution < 1.29 is 14.3 Å². The summed E-state index contributed by atoms with van der Waals surface area (Å²) in [6.45, 7) is 7.00. The zero-order chi connectivity index (χ0) is 22.3. The van der Waals surface area contributed by atoms with Gasteiger partial charge in [-0.15, -0.1) is 10.2 Å². The highest BCUT2D eigenvalue weighted by Crippen LogP contribution is 2.41. The van der Waals surface area contributed by atoms with Crippen LogP contribution in [0, 0.1) is 13.8 Å². The number of carbonyl (C=O) groups excluding carboxylic acids is 2. The first-order chi connectivity index (χ1) is 14.8. The number of methoxy groups -OCH3 is 1. The molecule has 1 aliphatic rings. The lowest BCUT2D eigenvalue weighted by molar-refractivity contribution is -0.117. The van der Waals surface area contributed by atoms with Crippen LogP contribution in [0.4, 0.5) is 0 Å². The Balaban J connectivity index is 1.94. The number of thioether (sulfide) groups is 1. The van der Waals surface area contributed by atoms with Gasteiger partial charge in [0.1, 0.15) is 5.75 Å². The molecule has 0 unspecified atom stereocenters. The Morgan fingerprint density at radius 2 is 1.61 bits per heavy atom. The molecule has 8 heteroatoms. The minimum absolute atomic E-state index is 0.135. The molecule has 1 aromatic heterocycles. The lowest BCUT2D eigenvalue weighted by Crippen LogP contribution is -2.41. The van der Waals surface area contributed by atoms with Gasteiger partial charge in [0, 0.05) is 18.1 Å². The second-order valence-electron chi connectivity index (χ2n) is 7.31. The number of amides is 1. The van der Waals surface area contributed by atoms with Gasteiger partial charge in [0.05, 0.1) is 17.7 Å². The van der Waals surface area contributed by atoms with E-state index >= 15 is 0 Å². The Morgan fingerprint density at radius 1 is 0.935 bits per heavy atom. The van der Waals surface area contributed by atoms with E-state index in [9.17, 15) is 9.59 Å². The number of aryl methyl sites for hydroxylation is 2. The van der Waals surface area contributed by atoms with Crippen molar-refractivity contribution in [3.8, 4) is 17.1 Å². The SMILES string of the molecule is COc1ccc(-c2nnc3n2N(C(C)=O)C(c2ccc(C)c(C)c2)=C(C(C)=O)S3)cc1. The highest BCUT2D eigenvalue weighted by molar-refractivity contribution is 8.04. The molecule has 31 heavy (non-hydrogen) atoms. The van der Waals surface area contributed by atoms with E-state index < -0.39 is 0 Å². The number of ketones is 1. The van der Waals surface area contributed by atoms with Crippen LogP contribution in [0.3, 0.4) is 0 Å². The molecule has 0 fully saturated rings. The lowest BCUT2D eigenvalue weighted by atomic mass is 10.0. The minimum Gasteiger partial charge on any atom is -0.497 e. The Hall–Kier alpha value is -3.39. The predicted molar refractivity (Wildman–Crippen MR) is 120 cm³/mol. The molecule has 0 saturated heterocycles. The van der Waals surface area contributed by atoms with Crippen LogP contribution in [0.1, 0.15) is 30.5 Å². The van der Waals surface area contributed by atoms with Crippen LogP contribution in [0.25, 0.3) is 17.1 Å². The number of aromatic nitrogens is 3. The molecule has 0 aliphatic carbocycles. The van der Waals surface area contributed by atoms with Gasteiger partial charge < -0.3 is 4.74 Å². The molecule has 0 spiro atoms. The van der Waals surface area contributed by atoms with Gasteiger partial charge >= 0.3 is 0 Å². The molecule has 2 heterocycles. The summed E-state index contributed by atoms with van der Waals surface area (Å²) in [4.78, 5) is 26.0. The third kappa shape index (κ3) is 3.63. The Kier molecular flexibility index (Phi) is 5.41. The molecule has 2 aromatic carbocycles. The topological polar surface area (TPSA) is 77.3 Å². The Labute approximate surface area is 184 Å². The standard InChI is InChI=1S/C23H22N4O3S/c1-13-6-7-18(12-14(13)2)20-21(15(3)28)31-23-25-24-22(27(23)26(20)16(4)29)17-8-10-19(30-5)11-9-17/h6-12H,1-5H3. The van der Waals surface area contributed by atoms with Crippen molar-refractivity contribution in [3.05, 3.63) is 64.1 Å². The summed E-state index contributed by atoms with van der Waals surface area (Å²) in [6, 6.07) is 13.3. The van der Waals surface area contributed by atoms with Gasteiger partial charge in [-0.3, -0.25) is 9.59 Å². The summed E-state index contributed by atoms with van der Waals surface area (Å²) in [5.74, 6) is 0.839. The maximum Gasteiger partial charge on any atom is 0.243 e. The van der Waals surface area contributed by atoms with Crippen molar-refractivity contribution in [3.63, 3.8) is 0 Å². The first-order valence-electron chi connectivity index (χ1n) is 9.73. The highest BCUT2D eigenvalue weighted by atomic mass is 32.2.